The number of carbonyl (C=O) groups is 2. The van der Waals surface area contributed by atoms with E-state index in [1.165, 1.54) is 4.88 Å². The van der Waals surface area contributed by atoms with Crippen molar-refractivity contribution in [3.8, 4) is 0 Å². The second-order valence-electron chi connectivity index (χ2n) is 7.24. The lowest BCUT2D eigenvalue weighted by molar-refractivity contribution is -0.122. The number of anilines is 2. The van der Waals surface area contributed by atoms with Gasteiger partial charge in [0.05, 0.1) is 11.6 Å². The normalized spacial score (nSPS) is 20.0. The number of aromatic nitrogens is 1. The van der Waals surface area contributed by atoms with Gasteiger partial charge in [-0.3, -0.25) is 14.5 Å². The van der Waals surface area contributed by atoms with E-state index in [1.807, 2.05) is 31.2 Å². The van der Waals surface area contributed by atoms with Crippen LogP contribution in [0.5, 0.6) is 0 Å². The maximum Gasteiger partial charge on any atom is 0.231 e. The third-order valence-corrected chi connectivity index (χ3v) is 6.33. The van der Waals surface area contributed by atoms with E-state index in [1.54, 1.807) is 16.2 Å². The summed E-state index contributed by atoms with van der Waals surface area (Å²) in [5.74, 6) is -0.459. The van der Waals surface area contributed by atoms with Crippen LogP contribution in [0.25, 0.3) is 0 Å². The molecule has 7 heteroatoms. The molecule has 1 saturated heterocycles. The van der Waals surface area contributed by atoms with Gasteiger partial charge in [-0.15, -0.1) is 11.3 Å². The summed E-state index contributed by atoms with van der Waals surface area (Å²) < 4.78 is 0. The molecule has 4 rings (SSSR count). The topological polar surface area (TPSA) is 65.5 Å². The molecule has 0 aliphatic carbocycles. The van der Waals surface area contributed by atoms with E-state index in [0.717, 1.165) is 43.0 Å². The second-order valence-corrected chi connectivity index (χ2v) is 8.32. The lowest BCUT2D eigenvalue weighted by atomic mass is 10.1. The zero-order chi connectivity index (χ0) is 19.0. The number of benzene rings is 1. The highest BCUT2D eigenvalue weighted by Crippen LogP contribution is 2.30. The van der Waals surface area contributed by atoms with E-state index in [-0.39, 0.29) is 24.2 Å². The van der Waals surface area contributed by atoms with Crippen LogP contribution in [0.2, 0.25) is 0 Å². The van der Waals surface area contributed by atoms with Crippen molar-refractivity contribution in [1.82, 2.24) is 9.88 Å². The molecule has 0 spiro atoms. The predicted molar refractivity (Wildman–Crippen MR) is 107 cm³/mol. The molecular formula is C20H24N4O2S. The first-order valence-corrected chi connectivity index (χ1v) is 10.2. The zero-order valence-electron chi connectivity index (χ0n) is 15.7. The van der Waals surface area contributed by atoms with E-state index >= 15 is 0 Å². The molecule has 6 nitrogen and oxygen atoms in total. The summed E-state index contributed by atoms with van der Waals surface area (Å²) in [6.45, 7) is 7.54. The lowest BCUT2D eigenvalue weighted by Gasteiger charge is -2.23. The van der Waals surface area contributed by atoms with Crippen molar-refractivity contribution < 1.29 is 9.59 Å². The fourth-order valence-electron chi connectivity index (χ4n) is 3.64. The summed E-state index contributed by atoms with van der Waals surface area (Å²) >= 11 is 1.56. The monoisotopic (exact) mass is 384 g/mol. The third-order valence-electron chi connectivity index (χ3n) is 5.33. The van der Waals surface area contributed by atoms with Crippen LogP contribution in [0.15, 0.2) is 24.3 Å². The van der Waals surface area contributed by atoms with Crippen LogP contribution < -0.4 is 10.2 Å². The van der Waals surface area contributed by atoms with E-state index in [4.69, 9.17) is 0 Å². The van der Waals surface area contributed by atoms with E-state index in [9.17, 15) is 9.59 Å². The van der Waals surface area contributed by atoms with Crippen LogP contribution >= 0.6 is 11.3 Å². The van der Waals surface area contributed by atoms with Crippen LogP contribution in [0.4, 0.5) is 10.8 Å². The number of amides is 2. The second kappa shape index (κ2) is 7.40. The van der Waals surface area contributed by atoms with Gasteiger partial charge in [-0.25, -0.2) is 4.98 Å². The van der Waals surface area contributed by atoms with Gasteiger partial charge in [0.2, 0.25) is 11.8 Å². The number of thiazole rings is 1. The summed E-state index contributed by atoms with van der Waals surface area (Å²) in [6, 6.07) is 7.83. The highest BCUT2D eigenvalue weighted by molar-refractivity contribution is 7.15. The van der Waals surface area contributed by atoms with Gasteiger partial charge in [-0.2, -0.15) is 0 Å². The molecule has 1 aromatic heterocycles. The molecule has 1 unspecified atom stereocenters. The van der Waals surface area contributed by atoms with Crippen LogP contribution in [-0.4, -0.2) is 41.3 Å². The SMILES string of the molecule is CCN1CCc2nc(NC(=O)C3CC(=O)N(c4ccc(C)cc4)C3)sc2C1. The molecule has 0 bridgehead atoms. The number of rotatable bonds is 4. The van der Waals surface area contributed by atoms with Crippen LogP contribution in [0.3, 0.4) is 0 Å². The minimum atomic E-state index is -0.341. The Kier molecular flexibility index (Phi) is 4.97. The van der Waals surface area contributed by atoms with Crippen molar-refractivity contribution in [2.75, 3.05) is 29.9 Å². The fraction of sp³-hybridized carbons (Fsp3) is 0.450. The molecule has 2 amide bonds. The quantitative estimate of drug-likeness (QED) is 0.880. The molecule has 3 heterocycles. The van der Waals surface area contributed by atoms with Gasteiger partial charge in [-0.1, -0.05) is 24.6 Å². The summed E-state index contributed by atoms with van der Waals surface area (Å²) in [4.78, 5) is 35.0. The van der Waals surface area contributed by atoms with Crippen molar-refractivity contribution in [3.05, 3.63) is 40.4 Å². The highest BCUT2D eigenvalue weighted by Gasteiger charge is 2.35. The lowest BCUT2D eigenvalue weighted by Crippen LogP contribution is -2.29. The van der Waals surface area contributed by atoms with E-state index in [0.29, 0.717) is 11.7 Å². The molecular weight excluding hydrogens is 360 g/mol. The largest absolute Gasteiger partial charge is 0.312 e. The maximum atomic E-state index is 12.7. The van der Waals surface area contributed by atoms with E-state index in [2.05, 4.69) is 22.1 Å². The summed E-state index contributed by atoms with van der Waals surface area (Å²) in [5, 5.41) is 3.60. The van der Waals surface area contributed by atoms with Crippen molar-refractivity contribution in [2.24, 2.45) is 5.92 Å². The number of likely N-dealkylation sites (N-methyl/N-ethyl adjacent to an activating group) is 1. The van der Waals surface area contributed by atoms with Gasteiger partial charge in [0.1, 0.15) is 0 Å². The Labute approximate surface area is 163 Å². The summed E-state index contributed by atoms with van der Waals surface area (Å²) in [5.41, 5.74) is 3.10. The Balaban J connectivity index is 1.41. The number of fused-ring (bicyclic) bond motifs is 1. The Bertz CT molecular complexity index is 861. The third kappa shape index (κ3) is 3.75. The zero-order valence-corrected chi connectivity index (χ0v) is 16.5. The Hall–Kier alpha value is -2.25. The molecule has 0 saturated carbocycles. The molecule has 27 heavy (non-hydrogen) atoms. The van der Waals surface area contributed by atoms with Crippen molar-refractivity contribution in [3.63, 3.8) is 0 Å². The van der Waals surface area contributed by atoms with Crippen molar-refractivity contribution >= 4 is 34.0 Å². The van der Waals surface area contributed by atoms with Crippen LogP contribution in [0.1, 0.15) is 29.5 Å². The first kappa shape index (κ1) is 18.1. The molecule has 1 N–H and O–H groups in total. The smallest absolute Gasteiger partial charge is 0.231 e. The van der Waals surface area contributed by atoms with Gasteiger partial charge in [-0.05, 0) is 25.6 Å². The molecule has 142 valence electrons. The van der Waals surface area contributed by atoms with Gasteiger partial charge in [0.25, 0.3) is 0 Å². The number of aryl methyl sites for hydroxylation is 1. The van der Waals surface area contributed by atoms with Gasteiger partial charge >= 0.3 is 0 Å². The van der Waals surface area contributed by atoms with Crippen molar-refractivity contribution in [2.45, 2.75) is 33.2 Å². The van der Waals surface area contributed by atoms with Gasteiger partial charge in [0.15, 0.2) is 5.13 Å². The Morgan fingerprint density at radius 2 is 2.11 bits per heavy atom. The average Bonchev–Trinajstić information content (AvgIpc) is 3.24. The summed E-state index contributed by atoms with van der Waals surface area (Å²) in [6.07, 6.45) is 1.17. The number of nitrogens with one attached hydrogen (secondary N) is 1. The predicted octanol–water partition coefficient (Wildman–Crippen LogP) is 2.82. The van der Waals surface area contributed by atoms with Crippen molar-refractivity contribution in [1.29, 1.82) is 0 Å². The molecule has 2 aromatic rings. The summed E-state index contributed by atoms with van der Waals surface area (Å²) in [7, 11) is 0. The molecule has 2 aliphatic rings. The van der Waals surface area contributed by atoms with Gasteiger partial charge < -0.3 is 10.2 Å². The first-order valence-electron chi connectivity index (χ1n) is 9.42. The molecule has 0 radical (unpaired) electrons. The number of carbonyl (C=O) groups excluding carboxylic acids is 2. The highest BCUT2D eigenvalue weighted by atomic mass is 32.1. The minimum absolute atomic E-state index is 0.00368. The Morgan fingerprint density at radius 1 is 1.33 bits per heavy atom. The minimum Gasteiger partial charge on any atom is -0.312 e. The Morgan fingerprint density at radius 3 is 2.85 bits per heavy atom. The van der Waals surface area contributed by atoms with Gasteiger partial charge in [0, 0.05) is 43.0 Å². The van der Waals surface area contributed by atoms with Crippen LogP contribution in [0, 0.1) is 12.8 Å². The number of hydrogen-bond acceptors (Lipinski definition) is 5. The molecule has 1 atom stereocenters. The molecule has 2 aliphatic heterocycles. The number of hydrogen-bond donors (Lipinski definition) is 1. The first-order chi connectivity index (χ1) is 13.0. The fourth-order valence-corrected chi connectivity index (χ4v) is 4.69. The van der Waals surface area contributed by atoms with E-state index < -0.39 is 0 Å². The molecule has 1 fully saturated rings. The maximum absolute atomic E-state index is 12.7. The average molecular weight is 385 g/mol. The number of nitrogens with zero attached hydrogens (tertiary/aromatic N) is 3. The molecule has 1 aromatic carbocycles. The standard InChI is InChI=1S/C20H24N4O2S/c1-3-23-9-8-16-17(12-23)27-20(21-16)22-19(26)14-10-18(25)24(11-14)15-6-4-13(2)5-7-15/h4-7,14H,3,8-12H2,1-2H3,(H,21,22,26). The van der Waals surface area contributed by atoms with Crippen LogP contribution in [-0.2, 0) is 22.6 Å².